The van der Waals surface area contributed by atoms with Gasteiger partial charge in [0.1, 0.15) is 7.85 Å². The topological polar surface area (TPSA) is 37.3 Å². The van der Waals surface area contributed by atoms with Crippen LogP contribution in [0.4, 0.5) is 0 Å². The Kier molecular flexibility index (Phi) is 2.33. The Morgan fingerprint density at radius 3 is 2.33 bits per heavy atom. The van der Waals surface area contributed by atoms with Crippen molar-refractivity contribution in [1.29, 1.82) is 0 Å². The molecule has 0 amide bonds. The maximum Gasteiger partial charge on any atom is 0.314 e. The van der Waals surface area contributed by atoms with Gasteiger partial charge in [-0.05, 0) is 31.2 Å². The maximum atomic E-state index is 11.4. The predicted molar refractivity (Wildman–Crippen MR) is 59.5 cm³/mol. The van der Waals surface area contributed by atoms with Gasteiger partial charge in [-0.3, -0.25) is 4.79 Å². The van der Waals surface area contributed by atoms with E-state index < -0.39 is 11.4 Å². The molecule has 0 aliphatic heterocycles. The van der Waals surface area contributed by atoms with Crippen molar-refractivity contribution in [2.45, 2.75) is 25.2 Å². The van der Waals surface area contributed by atoms with Crippen LogP contribution in [0.25, 0.3) is 0 Å². The minimum atomic E-state index is -0.742. The Morgan fingerprint density at radius 1 is 1.40 bits per heavy atom. The van der Waals surface area contributed by atoms with Crippen LogP contribution in [-0.2, 0) is 10.2 Å². The molecule has 1 aromatic carbocycles. The van der Waals surface area contributed by atoms with E-state index in [1.165, 1.54) is 0 Å². The maximum absolute atomic E-state index is 11.4. The molecule has 1 N–H and O–H groups in total. The second-order valence-electron chi connectivity index (χ2n) is 4.40. The van der Waals surface area contributed by atoms with Gasteiger partial charge in [-0.1, -0.05) is 29.7 Å². The molecule has 1 fully saturated rings. The first kappa shape index (κ1) is 10.3. The SMILES string of the molecule is [B]c1ccc(C(C)(C(=O)O)C2CC2)cc1. The van der Waals surface area contributed by atoms with Gasteiger partial charge in [0, 0.05) is 0 Å². The van der Waals surface area contributed by atoms with Crippen molar-refractivity contribution in [3.05, 3.63) is 29.8 Å². The van der Waals surface area contributed by atoms with Crippen molar-refractivity contribution in [3.8, 4) is 0 Å². The van der Waals surface area contributed by atoms with Gasteiger partial charge in [0.2, 0.25) is 0 Å². The third-order valence-electron chi connectivity index (χ3n) is 3.35. The summed E-state index contributed by atoms with van der Waals surface area (Å²) in [5.74, 6) is -0.464. The van der Waals surface area contributed by atoms with Gasteiger partial charge in [-0.15, -0.1) is 0 Å². The van der Waals surface area contributed by atoms with Crippen molar-refractivity contribution in [2.24, 2.45) is 5.92 Å². The highest BCUT2D eigenvalue weighted by molar-refractivity contribution is 6.32. The lowest BCUT2D eigenvalue weighted by Gasteiger charge is -2.25. The molecule has 1 aromatic rings. The van der Waals surface area contributed by atoms with Gasteiger partial charge in [-0.25, -0.2) is 0 Å². The van der Waals surface area contributed by atoms with Crippen molar-refractivity contribution in [3.63, 3.8) is 0 Å². The molecule has 2 nitrogen and oxygen atoms in total. The summed E-state index contributed by atoms with van der Waals surface area (Å²) < 4.78 is 0. The zero-order chi connectivity index (χ0) is 11.1. The molecule has 0 saturated heterocycles. The highest BCUT2D eigenvalue weighted by Gasteiger charge is 2.48. The van der Waals surface area contributed by atoms with Gasteiger partial charge in [0.25, 0.3) is 0 Å². The number of carboxylic acid groups (broad SMARTS) is 1. The summed E-state index contributed by atoms with van der Waals surface area (Å²) in [6, 6.07) is 7.17. The van der Waals surface area contributed by atoms with Crippen molar-refractivity contribution >= 4 is 19.3 Å². The molecule has 0 aromatic heterocycles. The van der Waals surface area contributed by atoms with Crippen molar-refractivity contribution in [1.82, 2.24) is 0 Å². The lowest BCUT2D eigenvalue weighted by molar-refractivity contribution is -0.144. The smallest absolute Gasteiger partial charge is 0.314 e. The quantitative estimate of drug-likeness (QED) is 0.745. The van der Waals surface area contributed by atoms with Gasteiger partial charge in [0.15, 0.2) is 0 Å². The first-order valence-electron chi connectivity index (χ1n) is 5.14. The Labute approximate surface area is 90.7 Å². The lowest BCUT2D eigenvalue weighted by atomic mass is 9.77. The molecule has 76 valence electrons. The van der Waals surface area contributed by atoms with Gasteiger partial charge in [-0.2, -0.15) is 0 Å². The van der Waals surface area contributed by atoms with Crippen LogP contribution in [0.5, 0.6) is 0 Å². The summed E-state index contributed by atoms with van der Waals surface area (Å²) >= 11 is 0. The van der Waals surface area contributed by atoms with Gasteiger partial charge < -0.3 is 5.11 Å². The van der Waals surface area contributed by atoms with Gasteiger partial charge >= 0.3 is 5.97 Å². The highest BCUT2D eigenvalue weighted by atomic mass is 16.4. The summed E-state index contributed by atoms with van der Waals surface area (Å²) in [6.07, 6.45) is 2.01. The first-order chi connectivity index (χ1) is 7.05. The van der Waals surface area contributed by atoms with E-state index >= 15 is 0 Å². The average Bonchev–Trinajstić information content (AvgIpc) is 3.00. The molecular formula is C12H13BO2. The minimum absolute atomic E-state index is 0.277. The number of aliphatic carboxylic acids is 1. The summed E-state index contributed by atoms with van der Waals surface area (Å²) in [5, 5.41) is 9.33. The van der Waals surface area contributed by atoms with E-state index in [4.69, 9.17) is 7.85 Å². The van der Waals surface area contributed by atoms with E-state index in [0.29, 0.717) is 5.46 Å². The Morgan fingerprint density at radius 2 is 1.93 bits per heavy atom. The van der Waals surface area contributed by atoms with Crippen LogP contribution in [0.1, 0.15) is 25.3 Å². The van der Waals surface area contributed by atoms with Crippen LogP contribution >= 0.6 is 0 Å². The summed E-state index contributed by atoms with van der Waals surface area (Å²) in [5.41, 5.74) is 0.780. The fourth-order valence-electron chi connectivity index (χ4n) is 2.02. The van der Waals surface area contributed by atoms with E-state index in [1.54, 1.807) is 19.1 Å². The molecule has 1 unspecified atom stereocenters. The van der Waals surface area contributed by atoms with Crippen LogP contribution in [0, 0.1) is 5.92 Å². The number of rotatable bonds is 3. The molecular weight excluding hydrogens is 187 g/mol. The number of carboxylic acids is 1. The van der Waals surface area contributed by atoms with Crippen LogP contribution in [0.3, 0.4) is 0 Å². The van der Waals surface area contributed by atoms with Crippen LogP contribution < -0.4 is 5.46 Å². The Bertz CT molecular complexity index is 381. The van der Waals surface area contributed by atoms with E-state index in [-0.39, 0.29) is 5.92 Å². The van der Waals surface area contributed by atoms with E-state index in [1.807, 2.05) is 12.1 Å². The van der Waals surface area contributed by atoms with Crippen molar-refractivity contribution in [2.75, 3.05) is 0 Å². The molecule has 1 saturated carbocycles. The lowest BCUT2D eigenvalue weighted by Crippen LogP contribution is -2.35. The highest BCUT2D eigenvalue weighted by Crippen LogP contribution is 2.47. The molecule has 2 radical (unpaired) electrons. The molecule has 0 heterocycles. The largest absolute Gasteiger partial charge is 0.481 e. The molecule has 0 bridgehead atoms. The molecule has 1 atom stereocenters. The Hall–Kier alpha value is -1.25. The van der Waals surface area contributed by atoms with Crippen LogP contribution in [0.2, 0.25) is 0 Å². The second-order valence-corrected chi connectivity index (χ2v) is 4.40. The normalized spacial score (nSPS) is 19.5. The van der Waals surface area contributed by atoms with E-state index in [9.17, 15) is 9.90 Å². The standard InChI is InChI=1S/C12H13BO2/c1-12(11(14)15,8-2-3-8)9-4-6-10(13)7-5-9/h4-8H,2-3H2,1H3,(H,14,15). The first-order valence-corrected chi connectivity index (χ1v) is 5.14. The number of benzene rings is 1. The fourth-order valence-corrected chi connectivity index (χ4v) is 2.02. The molecule has 1 aliphatic rings. The zero-order valence-corrected chi connectivity index (χ0v) is 8.73. The van der Waals surface area contributed by atoms with Gasteiger partial charge in [0.05, 0.1) is 5.41 Å². The minimum Gasteiger partial charge on any atom is -0.481 e. The molecule has 15 heavy (non-hydrogen) atoms. The number of hydrogen-bond acceptors (Lipinski definition) is 1. The molecule has 2 rings (SSSR count). The molecule has 1 aliphatic carbocycles. The van der Waals surface area contributed by atoms with Crippen LogP contribution in [-0.4, -0.2) is 18.9 Å². The summed E-state index contributed by atoms with van der Waals surface area (Å²) in [4.78, 5) is 11.4. The second kappa shape index (κ2) is 3.40. The summed E-state index contributed by atoms with van der Waals surface area (Å²) in [7, 11) is 5.59. The predicted octanol–water partition coefficient (Wildman–Crippen LogP) is 1.23. The van der Waals surface area contributed by atoms with E-state index in [0.717, 1.165) is 18.4 Å². The number of carbonyl (C=O) groups is 1. The molecule has 3 heteroatoms. The summed E-state index contributed by atoms with van der Waals surface area (Å²) in [6.45, 7) is 1.80. The Balaban J connectivity index is 2.40. The number of hydrogen-bond donors (Lipinski definition) is 1. The third kappa shape index (κ3) is 1.67. The van der Waals surface area contributed by atoms with E-state index in [2.05, 4.69) is 0 Å². The molecule has 0 spiro atoms. The zero-order valence-electron chi connectivity index (χ0n) is 8.73. The van der Waals surface area contributed by atoms with Crippen LogP contribution in [0.15, 0.2) is 24.3 Å². The average molecular weight is 200 g/mol. The van der Waals surface area contributed by atoms with Crippen molar-refractivity contribution < 1.29 is 9.90 Å². The monoisotopic (exact) mass is 200 g/mol. The fraction of sp³-hybridized carbons (Fsp3) is 0.417. The third-order valence-corrected chi connectivity index (χ3v) is 3.35.